The van der Waals surface area contributed by atoms with Crippen molar-refractivity contribution in [2.45, 2.75) is 19.1 Å². The van der Waals surface area contributed by atoms with Gasteiger partial charge in [-0.3, -0.25) is 10.1 Å². The van der Waals surface area contributed by atoms with E-state index in [0.717, 1.165) is 24.3 Å². The molecule has 0 radical (unpaired) electrons. The van der Waals surface area contributed by atoms with Crippen molar-refractivity contribution in [3.63, 3.8) is 0 Å². The van der Waals surface area contributed by atoms with E-state index in [1.165, 1.54) is 6.92 Å². The van der Waals surface area contributed by atoms with Gasteiger partial charge in [0.1, 0.15) is 18.1 Å². The van der Waals surface area contributed by atoms with E-state index in [0.29, 0.717) is 0 Å². The lowest BCUT2D eigenvalue weighted by molar-refractivity contribution is -0.172. The second-order valence-electron chi connectivity index (χ2n) is 3.70. The summed E-state index contributed by atoms with van der Waals surface area (Å²) in [7, 11) is 0. The lowest BCUT2D eigenvalue weighted by Gasteiger charge is -2.20. The Morgan fingerprint density at radius 2 is 2.00 bits per heavy atom. The topological polar surface area (TPSA) is 64.3 Å². The van der Waals surface area contributed by atoms with Crippen molar-refractivity contribution >= 4 is 5.91 Å². The van der Waals surface area contributed by atoms with Crippen LogP contribution >= 0.6 is 0 Å². The van der Waals surface area contributed by atoms with Crippen LogP contribution in [0.25, 0.3) is 0 Å². The summed E-state index contributed by atoms with van der Waals surface area (Å²) in [6.45, 7) is 0.477. The quantitative estimate of drug-likeness (QED) is 0.811. The molecule has 1 unspecified atom stereocenters. The Hall–Kier alpha value is -1.76. The highest BCUT2D eigenvalue weighted by Gasteiger charge is 2.32. The maximum atomic E-state index is 13.3. The van der Waals surface area contributed by atoms with Gasteiger partial charge in [-0.2, -0.15) is 8.78 Å². The first-order valence-corrected chi connectivity index (χ1v) is 5.15. The third-order valence-electron chi connectivity index (χ3n) is 2.12. The Morgan fingerprint density at radius 3 is 2.50 bits per heavy atom. The number of alkyl halides is 2. The van der Waals surface area contributed by atoms with Crippen LogP contribution in [-0.4, -0.2) is 24.6 Å². The molecule has 7 heteroatoms. The summed E-state index contributed by atoms with van der Waals surface area (Å²) < 4.78 is 43.5. The van der Waals surface area contributed by atoms with E-state index < -0.39 is 30.4 Å². The van der Waals surface area contributed by atoms with Gasteiger partial charge in [-0.25, -0.2) is 4.39 Å². The van der Waals surface area contributed by atoms with Crippen LogP contribution in [0.3, 0.4) is 0 Å². The Bertz CT molecular complexity index is 409. The monoisotopic (exact) mass is 262 g/mol. The molecule has 1 aromatic rings. The molecule has 0 saturated heterocycles. The maximum absolute atomic E-state index is 13.3. The number of halogens is 3. The Labute approximate surface area is 102 Å². The molecule has 0 aliphatic rings. The number of amides is 1. The lowest BCUT2D eigenvalue weighted by Crippen LogP contribution is -2.46. The van der Waals surface area contributed by atoms with Crippen molar-refractivity contribution in [2.24, 2.45) is 5.73 Å². The molecule has 1 atom stereocenters. The van der Waals surface area contributed by atoms with E-state index >= 15 is 0 Å². The van der Waals surface area contributed by atoms with E-state index in [1.807, 2.05) is 0 Å². The van der Waals surface area contributed by atoms with E-state index in [1.54, 1.807) is 0 Å². The smallest absolute Gasteiger partial charge is 0.410 e. The summed E-state index contributed by atoms with van der Waals surface area (Å²) in [4.78, 5) is 10.6. The number of rotatable bonds is 6. The lowest BCUT2D eigenvalue weighted by atomic mass is 10.3. The maximum Gasteiger partial charge on any atom is 0.410 e. The predicted molar refractivity (Wildman–Crippen MR) is 58.6 cm³/mol. The minimum Gasteiger partial charge on any atom is -0.432 e. The molecule has 0 heterocycles. The van der Waals surface area contributed by atoms with Crippen molar-refractivity contribution in [3.05, 3.63) is 30.1 Å². The summed E-state index contributed by atoms with van der Waals surface area (Å²) in [6.07, 6.45) is -3.53. The first kappa shape index (κ1) is 14.3. The molecule has 1 aromatic carbocycles. The van der Waals surface area contributed by atoms with Gasteiger partial charge in [-0.05, 0) is 31.2 Å². The van der Waals surface area contributed by atoms with Crippen LogP contribution in [0.5, 0.6) is 5.75 Å². The number of carbonyl (C=O) groups is 1. The van der Waals surface area contributed by atoms with Gasteiger partial charge < -0.3 is 10.5 Å². The molecule has 1 amide bonds. The molecule has 0 bridgehead atoms. The molecule has 0 fully saturated rings. The van der Waals surface area contributed by atoms with Crippen molar-refractivity contribution in [2.75, 3.05) is 6.54 Å². The van der Waals surface area contributed by atoms with Gasteiger partial charge in [0, 0.05) is 0 Å². The molecule has 0 spiro atoms. The molecule has 1 rings (SSSR count). The number of primary amides is 1. The van der Waals surface area contributed by atoms with Gasteiger partial charge in [0.15, 0.2) is 0 Å². The second-order valence-corrected chi connectivity index (χ2v) is 3.70. The van der Waals surface area contributed by atoms with E-state index in [4.69, 9.17) is 5.73 Å². The van der Waals surface area contributed by atoms with Crippen LogP contribution in [0, 0.1) is 5.82 Å². The fourth-order valence-corrected chi connectivity index (χ4v) is 1.08. The predicted octanol–water partition coefficient (Wildman–Crippen LogP) is 1.26. The van der Waals surface area contributed by atoms with Gasteiger partial charge in [-0.1, -0.05) is 0 Å². The molecule has 0 aliphatic heterocycles. The molecular formula is C11H13F3N2O2. The van der Waals surface area contributed by atoms with E-state index in [-0.39, 0.29) is 5.75 Å². The highest BCUT2D eigenvalue weighted by atomic mass is 19.3. The van der Waals surface area contributed by atoms with Crippen LogP contribution < -0.4 is 15.8 Å². The van der Waals surface area contributed by atoms with Gasteiger partial charge in [0.25, 0.3) is 0 Å². The molecule has 0 aromatic heterocycles. The number of hydrogen-bond donors (Lipinski definition) is 2. The standard InChI is InChI=1S/C11H13F3N2O2/c1-7(10(15)17)16-6-11(13,14)18-9-4-2-8(12)3-5-9/h2-5,7,16H,6H2,1H3,(H2,15,17). The van der Waals surface area contributed by atoms with Gasteiger partial charge in [-0.15, -0.1) is 0 Å². The van der Waals surface area contributed by atoms with Crippen molar-refractivity contribution in [1.29, 1.82) is 0 Å². The summed E-state index contributed by atoms with van der Waals surface area (Å²) in [6, 6.07) is 3.28. The van der Waals surface area contributed by atoms with Gasteiger partial charge in [0.05, 0.1) is 6.04 Å². The first-order valence-electron chi connectivity index (χ1n) is 5.15. The Kier molecular flexibility index (Phi) is 4.55. The minimum atomic E-state index is -3.53. The number of nitrogens with one attached hydrogen (secondary N) is 1. The van der Waals surface area contributed by atoms with E-state index in [9.17, 15) is 18.0 Å². The summed E-state index contributed by atoms with van der Waals surface area (Å²) in [5.74, 6) is -1.46. The normalized spacial score (nSPS) is 13.1. The van der Waals surface area contributed by atoms with Crippen LogP contribution in [0.2, 0.25) is 0 Å². The van der Waals surface area contributed by atoms with Crippen molar-refractivity contribution in [3.8, 4) is 5.75 Å². The molecule has 0 aliphatic carbocycles. The summed E-state index contributed by atoms with van der Waals surface area (Å²) in [5.41, 5.74) is 4.91. The Morgan fingerprint density at radius 1 is 1.44 bits per heavy atom. The van der Waals surface area contributed by atoms with Crippen LogP contribution in [0.15, 0.2) is 24.3 Å². The van der Waals surface area contributed by atoms with Gasteiger partial charge >= 0.3 is 6.11 Å². The number of hydrogen-bond acceptors (Lipinski definition) is 3. The molecule has 3 N–H and O–H groups in total. The largest absolute Gasteiger partial charge is 0.432 e. The average Bonchev–Trinajstić information content (AvgIpc) is 2.29. The highest BCUT2D eigenvalue weighted by molar-refractivity contribution is 5.79. The van der Waals surface area contributed by atoms with Crippen LogP contribution in [0.1, 0.15) is 6.92 Å². The summed E-state index contributed by atoms with van der Waals surface area (Å²) >= 11 is 0. The number of ether oxygens (including phenoxy) is 1. The second kappa shape index (κ2) is 5.72. The number of benzene rings is 1. The van der Waals surface area contributed by atoms with Crippen LogP contribution in [0.4, 0.5) is 13.2 Å². The Balaban J connectivity index is 2.53. The highest BCUT2D eigenvalue weighted by Crippen LogP contribution is 2.21. The fourth-order valence-electron chi connectivity index (χ4n) is 1.08. The third-order valence-corrected chi connectivity index (χ3v) is 2.12. The molecule has 0 saturated carbocycles. The first-order chi connectivity index (χ1) is 8.30. The van der Waals surface area contributed by atoms with Gasteiger partial charge in [0.2, 0.25) is 5.91 Å². The van der Waals surface area contributed by atoms with Crippen molar-refractivity contribution in [1.82, 2.24) is 5.32 Å². The number of nitrogens with two attached hydrogens (primary N) is 1. The fraction of sp³-hybridized carbons (Fsp3) is 0.364. The summed E-state index contributed by atoms with van der Waals surface area (Å²) in [5, 5.41) is 2.23. The molecule has 18 heavy (non-hydrogen) atoms. The molecule has 100 valence electrons. The third kappa shape index (κ3) is 4.62. The number of carbonyl (C=O) groups excluding carboxylic acids is 1. The zero-order valence-corrected chi connectivity index (χ0v) is 9.62. The molecule has 4 nitrogen and oxygen atoms in total. The molecular weight excluding hydrogens is 249 g/mol. The minimum absolute atomic E-state index is 0.171. The SMILES string of the molecule is CC(NCC(F)(F)Oc1ccc(F)cc1)C(N)=O. The zero-order chi connectivity index (χ0) is 13.8. The van der Waals surface area contributed by atoms with E-state index in [2.05, 4.69) is 10.1 Å². The zero-order valence-electron chi connectivity index (χ0n) is 9.62. The average molecular weight is 262 g/mol. The van der Waals surface area contributed by atoms with Crippen molar-refractivity contribution < 1.29 is 22.7 Å². The van der Waals surface area contributed by atoms with Crippen LogP contribution in [-0.2, 0) is 4.79 Å².